The van der Waals surface area contributed by atoms with E-state index in [1.807, 2.05) is 54.6 Å². The Morgan fingerprint density at radius 1 is 1.00 bits per heavy atom. The smallest absolute Gasteiger partial charge is 0.194 e. The quantitative estimate of drug-likeness (QED) is 0.383. The molecule has 28 heavy (non-hydrogen) atoms. The van der Waals surface area contributed by atoms with Crippen LogP contribution >= 0.6 is 0 Å². The molecule has 0 atom stereocenters. The lowest BCUT2D eigenvalue weighted by molar-refractivity contribution is -0.717. The van der Waals surface area contributed by atoms with E-state index in [4.69, 9.17) is 9.47 Å². The van der Waals surface area contributed by atoms with Crippen LogP contribution in [-0.2, 0) is 4.79 Å². The van der Waals surface area contributed by atoms with E-state index < -0.39 is 0 Å². The number of quaternary nitrogens is 1. The van der Waals surface area contributed by atoms with Gasteiger partial charge in [0.1, 0.15) is 0 Å². The molecule has 2 rings (SSSR count). The van der Waals surface area contributed by atoms with Crippen LogP contribution in [0.3, 0.4) is 0 Å². The minimum absolute atomic E-state index is 0. The molecule has 0 heterocycles. The van der Waals surface area contributed by atoms with Crippen molar-refractivity contribution in [2.24, 2.45) is 0 Å². The third-order valence-corrected chi connectivity index (χ3v) is 3.88. The number of hydrogen-bond donors (Lipinski definition) is 1. The summed E-state index contributed by atoms with van der Waals surface area (Å²) in [5.74, 6) is 1.36. The molecule has 0 fully saturated rings. The molecular weight excluding hydrogens is 374 g/mol. The van der Waals surface area contributed by atoms with Gasteiger partial charge in [-0.05, 0) is 44.5 Å². The molecule has 0 bridgehead atoms. The summed E-state index contributed by atoms with van der Waals surface area (Å²) in [5.41, 5.74) is 1.14. The first-order chi connectivity index (χ1) is 12.8. The number of rotatable bonds is 9. The van der Waals surface area contributed by atoms with Crippen LogP contribution in [0.4, 0.5) is 0 Å². The fourth-order valence-electron chi connectivity index (χ4n) is 2.48. The average molecular weight is 404 g/mol. The van der Waals surface area contributed by atoms with E-state index in [1.54, 1.807) is 6.08 Å². The van der Waals surface area contributed by atoms with Crippen LogP contribution in [0.5, 0.6) is 11.5 Å². The molecule has 0 amide bonds. The summed E-state index contributed by atoms with van der Waals surface area (Å²) >= 11 is 0. The second-order valence-corrected chi connectivity index (χ2v) is 7.59. The van der Waals surface area contributed by atoms with E-state index in [0.717, 1.165) is 18.5 Å². The molecule has 0 radical (unpaired) electrons. The van der Waals surface area contributed by atoms with E-state index in [1.165, 1.54) is 6.92 Å². The number of halogens is 1. The Bertz CT molecular complexity index is 767. The Morgan fingerprint density at radius 3 is 2.21 bits per heavy atom. The Morgan fingerprint density at radius 2 is 1.61 bits per heavy atom. The molecule has 2 N–H and O–H groups in total. The molecule has 0 aliphatic heterocycles. The third kappa shape index (κ3) is 8.59. The maximum absolute atomic E-state index is 12.0. The Kier molecular flexibility index (Phi) is 9.77. The Labute approximate surface area is 174 Å². The lowest BCUT2D eigenvalue weighted by Crippen LogP contribution is -3.00. The molecule has 152 valence electrons. The van der Waals surface area contributed by atoms with Gasteiger partial charge in [-0.2, -0.15) is 0 Å². The van der Waals surface area contributed by atoms with Crippen molar-refractivity contribution in [1.29, 1.82) is 0 Å². The Hall–Kier alpha value is -2.30. The SMILES string of the molecule is CC(=O)/C(=C/c1ccccc1)Oc1ccccc1OCCC[NH2+]C(C)(C)C.[Cl-]. The summed E-state index contributed by atoms with van der Waals surface area (Å²) in [6.07, 6.45) is 2.68. The van der Waals surface area contributed by atoms with E-state index >= 15 is 0 Å². The van der Waals surface area contributed by atoms with Gasteiger partial charge in [0.25, 0.3) is 0 Å². The number of carbonyl (C=O) groups excluding carboxylic acids is 1. The average Bonchev–Trinajstić information content (AvgIpc) is 2.62. The zero-order chi connectivity index (χ0) is 19.7. The number of ketones is 1. The highest BCUT2D eigenvalue weighted by atomic mass is 35.5. The predicted molar refractivity (Wildman–Crippen MR) is 109 cm³/mol. The van der Waals surface area contributed by atoms with Gasteiger partial charge in [0.15, 0.2) is 23.0 Å². The van der Waals surface area contributed by atoms with Gasteiger partial charge in [0.05, 0.1) is 18.7 Å². The zero-order valence-electron chi connectivity index (χ0n) is 17.1. The van der Waals surface area contributed by atoms with Gasteiger partial charge in [-0.3, -0.25) is 4.79 Å². The molecule has 0 unspecified atom stereocenters. The van der Waals surface area contributed by atoms with Crippen molar-refractivity contribution in [3.8, 4) is 11.5 Å². The fourth-order valence-corrected chi connectivity index (χ4v) is 2.48. The number of Topliss-reactive ketones (excluding diaryl/α,β-unsaturated/α-hetero) is 1. The summed E-state index contributed by atoms with van der Waals surface area (Å²) < 4.78 is 11.8. The standard InChI is InChI=1S/C23H29NO3.ClH/c1-18(25)22(17-19-11-6-5-7-12-19)27-21-14-9-8-13-20(21)26-16-10-15-24-23(2,3)4;/h5-9,11-14,17,24H,10,15-16H2,1-4H3;1H/b22-17-;. The lowest BCUT2D eigenvalue weighted by Gasteiger charge is -2.17. The normalized spacial score (nSPS) is 11.5. The third-order valence-electron chi connectivity index (χ3n) is 3.88. The summed E-state index contributed by atoms with van der Waals surface area (Å²) in [6.45, 7) is 9.68. The Balaban J connectivity index is 0.00000392. The van der Waals surface area contributed by atoms with Crippen LogP contribution in [0.2, 0.25) is 0 Å². The number of benzene rings is 2. The van der Waals surface area contributed by atoms with Crippen molar-refractivity contribution >= 4 is 11.9 Å². The van der Waals surface area contributed by atoms with E-state index in [2.05, 4.69) is 26.1 Å². The van der Waals surface area contributed by atoms with Gasteiger partial charge in [-0.1, -0.05) is 42.5 Å². The second kappa shape index (κ2) is 11.5. The molecule has 0 spiro atoms. The van der Waals surface area contributed by atoms with Crippen molar-refractivity contribution in [3.05, 3.63) is 65.9 Å². The van der Waals surface area contributed by atoms with Gasteiger partial charge in [0.2, 0.25) is 0 Å². The van der Waals surface area contributed by atoms with Gasteiger partial charge in [-0.25, -0.2) is 0 Å². The van der Waals surface area contributed by atoms with E-state index in [0.29, 0.717) is 23.9 Å². The van der Waals surface area contributed by atoms with Crippen molar-refractivity contribution in [2.45, 2.75) is 39.7 Å². The van der Waals surface area contributed by atoms with Crippen LogP contribution in [0.25, 0.3) is 6.08 Å². The molecule has 0 saturated heterocycles. The number of para-hydroxylation sites is 2. The van der Waals surface area contributed by atoms with Crippen LogP contribution in [-0.4, -0.2) is 24.5 Å². The molecule has 2 aromatic rings. The summed E-state index contributed by atoms with van der Waals surface area (Å²) in [5, 5.41) is 2.30. The number of ether oxygens (including phenoxy) is 2. The first-order valence-corrected chi connectivity index (χ1v) is 9.37. The predicted octanol–water partition coefficient (Wildman–Crippen LogP) is 0.830. The van der Waals surface area contributed by atoms with Gasteiger partial charge in [-0.15, -0.1) is 0 Å². The number of nitrogens with two attached hydrogens (primary N) is 1. The lowest BCUT2D eigenvalue weighted by atomic mass is 10.1. The van der Waals surface area contributed by atoms with E-state index in [-0.39, 0.29) is 23.7 Å². The maximum atomic E-state index is 12.0. The molecule has 0 aromatic heterocycles. The molecule has 0 aliphatic rings. The summed E-state index contributed by atoms with van der Waals surface area (Å²) in [4.78, 5) is 12.0. The number of allylic oxidation sites excluding steroid dienone is 1. The highest BCUT2D eigenvalue weighted by Gasteiger charge is 2.13. The molecule has 4 nitrogen and oxygen atoms in total. The van der Waals surface area contributed by atoms with Crippen molar-refractivity contribution in [3.63, 3.8) is 0 Å². The second-order valence-electron chi connectivity index (χ2n) is 7.59. The van der Waals surface area contributed by atoms with Crippen molar-refractivity contribution in [2.75, 3.05) is 13.2 Å². The van der Waals surface area contributed by atoms with Gasteiger partial charge >= 0.3 is 0 Å². The minimum Gasteiger partial charge on any atom is -1.00 e. The van der Waals surface area contributed by atoms with Crippen LogP contribution in [0.1, 0.15) is 39.7 Å². The van der Waals surface area contributed by atoms with Crippen molar-refractivity contribution < 1.29 is 32.0 Å². The van der Waals surface area contributed by atoms with E-state index in [9.17, 15) is 4.79 Å². The highest BCUT2D eigenvalue weighted by molar-refractivity contribution is 5.96. The number of carbonyl (C=O) groups is 1. The van der Waals surface area contributed by atoms with Crippen LogP contribution in [0, 0.1) is 0 Å². The van der Waals surface area contributed by atoms with Crippen LogP contribution < -0.4 is 27.2 Å². The maximum Gasteiger partial charge on any atom is 0.194 e. The number of hydrogen-bond acceptors (Lipinski definition) is 3. The first-order valence-electron chi connectivity index (χ1n) is 9.37. The molecule has 0 aliphatic carbocycles. The highest BCUT2D eigenvalue weighted by Crippen LogP contribution is 2.29. The first kappa shape index (κ1) is 23.7. The van der Waals surface area contributed by atoms with Gasteiger partial charge in [0, 0.05) is 13.3 Å². The molecular formula is C23H30ClNO3. The van der Waals surface area contributed by atoms with Crippen molar-refractivity contribution in [1.82, 2.24) is 0 Å². The molecule has 2 aromatic carbocycles. The summed E-state index contributed by atoms with van der Waals surface area (Å²) in [7, 11) is 0. The summed E-state index contributed by atoms with van der Waals surface area (Å²) in [6, 6.07) is 17.1. The topological polar surface area (TPSA) is 52.1 Å². The molecule has 5 heteroatoms. The largest absolute Gasteiger partial charge is 1.00 e. The fraction of sp³-hybridized carbons (Fsp3) is 0.348. The zero-order valence-corrected chi connectivity index (χ0v) is 17.8. The monoisotopic (exact) mass is 403 g/mol. The van der Waals surface area contributed by atoms with Gasteiger partial charge < -0.3 is 27.2 Å². The van der Waals surface area contributed by atoms with Crippen LogP contribution in [0.15, 0.2) is 60.4 Å². The molecule has 0 saturated carbocycles. The minimum atomic E-state index is -0.131.